The van der Waals surface area contributed by atoms with E-state index in [9.17, 15) is 17.6 Å². The summed E-state index contributed by atoms with van der Waals surface area (Å²) in [5.74, 6) is -0.222. The average Bonchev–Trinajstić information content (AvgIpc) is 2.16. The molecule has 0 fully saturated rings. The topological polar surface area (TPSA) is 80.4 Å². The number of alkyl halides is 3. The van der Waals surface area contributed by atoms with Crippen LogP contribution in [0, 0.1) is 5.82 Å². The largest absolute Gasteiger partial charge is 0.522 e. The molecule has 0 aliphatic carbocycles. The van der Waals surface area contributed by atoms with Crippen molar-refractivity contribution in [3.63, 3.8) is 0 Å². The van der Waals surface area contributed by atoms with E-state index in [0.29, 0.717) is 5.56 Å². The van der Waals surface area contributed by atoms with Gasteiger partial charge in [-0.05, 0) is 6.07 Å². The molecule has 0 heterocycles. The van der Waals surface area contributed by atoms with Gasteiger partial charge in [0.2, 0.25) is 0 Å². The van der Waals surface area contributed by atoms with Crippen molar-refractivity contribution in [2.45, 2.75) is 12.1 Å². The summed E-state index contributed by atoms with van der Waals surface area (Å²) in [6.07, 6.45) is 0. The fourth-order valence-corrected chi connectivity index (χ4v) is 0.664. The van der Waals surface area contributed by atoms with Gasteiger partial charge >= 0.3 is 15.6 Å². The van der Waals surface area contributed by atoms with E-state index in [2.05, 4.69) is 0 Å². The van der Waals surface area contributed by atoms with E-state index in [1.54, 1.807) is 18.2 Å². The van der Waals surface area contributed by atoms with E-state index < -0.39 is 15.6 Å². The van der Waals surface area contributed by atoms with Crippen molar-refractivity contribution in [2.24, 2.45) is 5.73 Å². The molecule has 3 N–H and O–H groups in total. The molecule has 9 heteroatoms. The van der Waals surface area contributed by atoms with Crippen LogP contribution in [0.2, 0.25) is 0 Å². The Labute approximate surface area is 94.8 Å². The molecular weight excluding hydrogens is 266 g/mol. The summed E-state index contributed by atoms with van der Waals surface area (Å²) in [5, 5.41) is 0. The van der Waals surface area contributed by atoms with Crippen molar-refractivity contribution in [1.82, 2.24) is 0 Å². The number of hydrogen-bond acceptors (Lipinski definition) is 3. The first-order valence-electron chi connectivity index (χ1n) is 4.07. The van der Waals surface area contributed by atoms with Crippen molar-refractivity contribution in [1.29, 1.82) is 0 Å². The molecule has 0 radical (unpaired) electrons. The molecule has 17 heavy (non-hydrogen) atoms. The lowest BCUT2D eigenvalue weighted by atomic mass is 10.2. The maximum absolute atomic E-state index is 12.5. The highest BCUT2D eigenvalue weighted by molar-refractivity contribution is 7.86. The Bertz CT molecular complexity index is 458. The van der Waals surface area contributed by atoms with Gasteiger partial charge in [0.25, 0.3) is 0 Å². The van der Waals surface area contributed by atoms with Crippen LogP contribution in [0.5, 0.6) is 0 Å². The number of rotatable bonds is 1. The van der Waals surface area contributed by atoms with Gasteiger partial charge in [0, 0.05) is 12.1 Å². The molecule has 4 nitrogen and oxygen atoms in total. The van der Waals surface area contributed by atoms with Crippen LogP contribution < -0.4 is 5.73 Å². The van der Waals surface area contributed by atoms with E-state index in [1.807, 2.05) is 0 Å². The minimum Gasteiger partial charge on any atom is -0.326 e. The van der Waals surface area contributed by atoms with Crippen molar-refractivity contribution >= 4 is 10.1 Å². The first kappa shape index (κ1) is 15.8. The maximum atomic E-state index is 12.5. The molecule has 0 atom stereocenters. The molecular formula is C8H9F4NO3S. The fraction of sp³-hybridized carbons (Fsp3) is 0.250. The van der Waals surface area contributed by atoms with Gasteiger partial charge < -0.3 is 5.73 Å². The van der Waals surface area contributed by atoms with Crippen molar-refractivity contribution < 1.29 is 30.5 Å². The Balaban J connectivity index is 0.000000304. The van der Waals surface area contributed by atoms with Gasteiger partial charge in [0.15, 0.2) is 0 Å². The fourth-order valence-electron chi connectivity index (χ4n) is 0.664. The number of hydrogen-bond donors (Lipinski definition) is 2. The molecule has 1 rings (SSSR count). The number of nitrogens with two attached hydrogens (primary N) is 1. The summed E-state index contributed by atoms with van der Waals surface area (Å²) in [6.45, 7) is 0.271. The summed E-state index contributed by atoms with van der Waals surface area (Å²) in [7, 11) is -5.84. The lowest BCUT2D eigenvalue weighted by Gasteiger charge is -1.97. The molecule has 1 aromatic carbocycles. The van der Waals surface area contributed by atoms with Gasteiger partial charge in [0.05, 0.1) is 0 Å². The van der Waals surface area contributed by atoms with Crippen LogP contribution in [0.3, 0.4) is 0 Å². The Morgan fingerprint density at radius 3 is 1.88 bits per heavy atom. The third-order valence-corrected chi connectivity index (χ3v) is 2.06. The zero-order valence-electron chi connectivity index (χ0n) is 8.28. The standard InChI is InChI=1S/C7H8FN.CHF3O3S/c8-7-4-2-1-3-6(7)5-9;2-1(3,4)8(5,6)7/h1-4H,5,9H2;(H,5,6,7). The molecule has 0 saturated heterocycles. The molecule has 0 amide bonds. The molecule has 0 aliphatic heterocycles. The minimum atomic E-state index is -5.84. The Morgan fingerprint density at radius 2 is 1.65 bits per heavy atom. The zero-order chi connectivity index (χ0) is 13.7. The second-order valence-electron chi connectivity index (χ2n) is 2.72. The van der Waals surface area contributed by atoms with Crippen LogP contribution in [0.1, 0.15) is 5.56 Å². The molecule has 0 saturated carbocycles. The van der Waals surface area contributed by atoms with Gasteiger partial charge in [-0.25, -0.2) is 4.39 Å². The average molecular weight is 275 g/mol. The second-order valence-corrected chi connectivity index (χ2v) is 4.13. The van der Waals surface area contributed by atoms with Gasteiger partial charge in [-0.1, -0.05) is 18.2 Å². The first-order valence-corrected chi connectivity index (χ1v) is 5.51. The maximum Gasteiger partial charge on any atom is 0.522 e. The van der Waals surface area contributed by atoms with E-state index in [4.69, 9.17) is 18.7 Å². The molecule has 0 bridgehead atoms. The molecule has 1 aromatic rings. The highest BCUT2D eigenvalue weighted by atomic mass is 32.2. The summed E-state index contributed by atoms with van der Waals surface area (Å²) in [4.78, 5) is 0. The Morgan fingerprint density at radius 1 is 1.24 bits per heavy atom. The molecule has 0 spiro atoms. The predicted molar refractivity (Wildman–Crippen MR) is 51.9 cm³/mol. The third kappa shape index (κ3) is 5.61. The smallest absolute Gasteiger partial charge is 0.326 e. The predicted octanol–water partition coefficient (Wildman–Crippen LogP) is 1.68. The first-order chi connectivity index (χ1) is 7.59. The Hall–Kier alpha value is -1.19. The second kappa shape index (κ2) is 5.94. The van der Waals surface area contributed by atoms with Gasteiger partial charge in [-0.2, -0.15) is 21.6 Å². The normalized spacial score (nSPS) is 11.6. The van der Waals surface area contributed by atoms with E-state index in [1.165, 1.54) is 6.07 Å². The van der Waals surface area contributed by atoms with Crippen LogP contribution in [-0.4, -0.2) is 18.5 Å². The lowest BCUT2D eigenvalue weighted by molar-refractivity contribution is -0.0510. The SMILES string of the molecule is NCc1ccccc1F.O=S(=O)(O)C(F)(F)F. The van der Waals surface area contributed by atoms with Crippen LogP contribution >= 0.6 is 0 Å². The highest BCUT2D eigenvalue weighted by Crippen LogP contribution is 2.20. The monoisotopic (exact) mass is 275 g/mol. The van der Waals surface area contributed by atoms with Gasteiger partial charge in [-0.3, -0.25) is 4.55 Å². The van der Waals surface area contributed by atoms with Crippen LogP contribution in [-0.2, 0) is 16.7 Å². The van der Waals surface area contributed by atoms with Crippen LogP contribution in [0.15, 0.2) is 24.3 Å². The highest BCUT2D eigenvalue weighted by Gasteiger charge is 2.44. The molecule has 0 unspecified atom stereocenters. The summed E-state index contributed by atoms with van der Waals surface area (Å²) in [6, 6.07) is 6.50. The van der Waals surface area contributed by atoms with Crippen LogP contribution in [0.4, 0.5) is 17.6 Å². The van der Waals surface area contributed by atoms with E-state index in [0.717, 1.165) is 0 Å². The van der Waals surface area contributed by atoms with E-state index in [-0.39, 0.29) is 12.4 Å². The van der Waals surface area contributed by atoms with Crippen molar-refractivity contribution in [3.8, 4) is 0 Å². The van der Waals surface area contributed by atoms with Crippen molar-refractivity contribution in [2.75, 3.05) is 0 Å². The molecule has 98 valence electrons. The summed E-state index contributed by atoms with van der Waals surface area (Å²) in [5.41, 5.74) is 0.243. The summed E-state index contributed by atoms with van der Waals surface area (Å²) >= 11 is 0. The summed E-state index contributed by atoms with van der Waals surface area (Å²) < 4.78 is 70.1. The van der Waals surface area contributed by atoms with Gasteiger partial charge in [0.1, 0.15) is 5.82 Å². The van der Waals surface area contributed by atoms with Crippen LogP contribution in [0.25, 0.3) is 0 Å². The van der Waals surface area contributed by atoms with Crippen molar-refractivity contribution in [3.05, 3.63) is 35.6 Å². The zero-order valence-corrected chi connectivity index (χ0v) is 9.09. The third-order valence-electron chi connectivity index (χ3n) is 1.47. The van der Waals surface area contributed by atoms with Gasteiger partial charge in [-0.15, -0.1) is 0 Å². The molecule has 0 aliphatic rings. The molecule has 0 aromatic heterocycles. The minimum absolute atomic E-state index is 0.222. The quantitative estimate of drug-likeness (QED) is 0.464. The van der Waals surface area contributed by atoms with E-state index >= 15 is 0 Å². The number of halogens is 4. The number of benzene rings is 1. The Kier molecular flexibility index (Phi) is 5.52. The lowest BCUT2D eigenvalue weighted by Crippen LogP contribution is -2.21.